The average molecular weight is 312 g/mol. The molecule has 0 bridgehead atoms. The van der Waals surface area contributed by atoms with Crippen molar-refractivity contribution >= 4 is 11.6 Å². The minimum absolute atomic E-state index is 0.183. The number of aromatic nitrogens is 2. The van der Waals surface area contributed by atoms with E-state index in [1.807, 2.05) is 23.1 Å². The summed E-state index contributed by atoms with van der Waals surface area (Å²) in [6.45, 7) is 3.78. The van der Waals surface area contributed by atoms with Gasteiger partial charge >= 0.3 is 0 Å². The predicted molar refractivity (Wildman–Crippen MR) is 86.5 cm³/mol. The number of nitrogens with zero attached hydrogens (tertiary/aromatic N) is 3. The molecule has 1 aromatic heterocycles. The van der Waals surface area contributed by atoms with Crippen LogP contribution in [0.5, 0.6) is 5.75 Å². The molecule has 6 nitrogen and oxygen atoms in total. The first-order valence-electron chi connectivity index (χ1n) is 7.83. The summed E-state index contributed by atoms with van der Waals surface area (Å²) in [5.74, 6) is 1.06. The maximum atomic E-state index is 12.2. The third-order valence-electron chi connectivity index (χ3n) is 4.80. The summed E-state index contributed by atoms with van der Waals surface area (Å²) < 4.78 is 5.19. The van der Waals surface area contributed by atoms with Crippen molar-refractivity contribution in [3.63, 3.8) is 0 Å². The van der Waals surface area contributed by atoms with Crippen LogP contribution in [0.15, 0.2) is 36.5 Å². The zero-order chi connectivity index (χ0) is 15.9. The molecule has 0 saturated carbocycles. The number of aromatic amines is 1. The highest BCUT2D eigenvalue weighted by molar-refractivity contribution is 5.79. The van der Waals surface area contributed by atoms with E-state index in [0.717, 1.165) is 37.6 Å². The van der Waals surface area contributed by atoms with Crippen molar-refractivity contribution in [3.05, 3.63) is 42.2 Å². The fraction of sp³-hybridized carbons (Fsp3) is 0.412. The molecule has 0 aliphatic carbocycles. The van der Waals surface area contributed by atoms with E-state index in [1.54, 1.807) is 13.3 Å². The SMILES string of the molecule is COc1ccc(N2CC3(CN(C(=O)Cc4ccn[nH]4)C3)C2)cc1. The van der Waals surface area contributed by atoms with E-state index in [4.69, 9.17) is 4.74 Å². The lowest BCUT2D eigenvalue weighted by Crippen LogP contribution is -2.73. The Morgan fingerprint density at radius 3 is 2.57 bits per heavy atom. The van der Waals surface area contributed by atoms with E-state index in [-0.39, 0.29) is 5.91 Å². The van der Waals surface area contributed by atoms with Gasteiger partial charge in [0.15, 0.2) is 0 Å². The molecule has 1 N–H and O–H groups in total. The molecule has 2 aliphatic heterocycles. The zero-order valence-corrected chi connectivity index (χ0v) is 13.2. The summed E-state index contributed by atoms with van der Waals surface area (Å²) in [5, 5.41) is 6.72. The molecule has 2 fully saturated rings. The molecule has 0 radical (unpaired) electrons. The van der Waals surface area contributed by atoms with Gasteiger partial charge in [0.25, 0.3) is 0 Å². The Morgan fingerprint density at radius 2 is 1.96 bits per heavy atom. The van der Waals surface area contributed by atoms with E-state index in [2.05, 4.69) is 27.2 Å². The van der Waals surface area contributed by atoms with Crippen LogP contribution < -0.4 is 9.64 Å². The van der Waals surface area contributed by atoms with E-state index in [0.29, 0.717) is 11.8 Å². The molecule has 1 amide bonds. The van der Waals surface area contributed by atoms with Gasteiger partial charge in [0.2, 0.25) is 5.91 Å². The first-order valence-corrected chi connectivity index (χ1v) is 7.83. The van der Waals surface area contributed by atoms with Gasteiger partial charge in [0.05, 0.1) is 13.5 Å². The molecule has 3 heterocycles. The molecule has 0 atom stereocenters. The Hall–Kier alpha value is -2.50. The highest BCUT2D eigenvalue weighted by atomic mass is 16.5. The normalized spacial score (nSPS) is 18.5. The van der Waals surface area contributed by atoms with Crippen LogP contribution in [-0.2, 0) is 11.2 Å². The van der Waals surface area contributed by atoms with Crippen molar-refractivity contribution in [1.82, 2.24) is 15.1 Å². The zero-order valence-electron chi connectivity index (χ0n) is 13.2. The third-order valence-corrected chi connectivity index (χ3v) is 4.80. The predicted octanol–water partition coefficient (Wildman–Crippen LogP) is 1.31. The second-order valence-corrected chi connectivity index (χ2v) is 6.56. The van der Waals surface area contributed by atoms with Gasteiger partial charge in [-0.25, -0.2) is 0 Å². The Bertz CT molecular complexity index is 682. The largest absolute Gasteiger partial charge is 0.497 e. The minimum atomic E-state index is 0.183. The first kappa shape index (κ1) is 14.1. The number of carbonyl (C=O) groups is 1. The van der Waals surface area contributed by atoms with Gasteiger partial charge in [-0.2, -0.15) is 5.10 Å². The Morgan fingerprint density at radius 1 is 1.22 bits per heavy atom. The van der Waals surface area contributed by atoms with Crippen LogP contribution in [0.4, 0.5) is 5.69 Å². The van der Waals surface area contributed by atoms with E-state index in [1.165, 1.54) is 5.69 Å². The number of nitrogens with one attached hydrogen (secondary N) is 1. The Balaban J connectivity index is 1.28. The topological polar surface area (TPSA) is 61.5 Å². The first-order chi connectivity index (χ1) is 11.2. The Kier molecular flexibility index (Phi) is 3.25. The number of ether oxygens (including phenoxy) is 1. The van der Waals surface area contributed by atoms with E-state index < -0.39 is 0 Å². The van der Waals surface area contributed by atoms with Gasteiger partial charge in [-0.15, -0.1) is 0 Å². The number of carbonyl (C=O) groups excluding carboxylic acids is 1. The monoisotopic (exact) mass is 312 g/mol. The molecule has 1 spiro atoms. The molecule has 2 saturated heterocycles. The third kappa shape index (κ3) is 2.54. The van der Waals surface area contributed by atoms with Gasteiger partial charge < -0.3 is 14.5 Å². The summed E-state index contributed by atoms with van der Waals surface area (Å²) in [4.78, 5) is 16.5. The van der Waals surface area contributed by atoms with E-state index >= 15 is 0 Å². The number of hydrogen-bond acceptors (Lipinski definition) is 4. The molecular weight excluding hydrogens is 292 g/mol. The highest BCUT2D eigenvalue weighted by Gasteiger charge is 2.53. The molecular formula is C17H20N4O2. The quantitative estimate of drug-likeness (QED) is 0.925. The van der Waals surface area contributed by atoms with Gasteiger partial charge in [0, 0.05) is 49.2 Å². The van der Waals surface area contributed by atoms with Crippen molar-refractivity contribution < 1.29 is 9.53 Å². The second-order valence-electron chi connectivity index (χ2n) is 6.56. The lowest BCUT2D eigenvalue weighted by Gasteiger charge is -2.61. The maximum Gasteiger partial charge on any atom is 0.228 e. The van der Waals surface area contributed by atoms with Crippen LogP contribution in [0.25, 0.3) is 0 Å². The number of amides is 1. The molecule has 1 aromatic carbocycles. The van der Waals surface area contributed by atoms with Gasteiger partial charge in [-0.3, -0.25) is 9.89 Å². The molecule has 120 valence electrons. The molecule has 4 rings (SSSR count). The number of methoxy groups -OCH3 is 1. The summed E-state index contributed by atoms with van der Waals surface area (Å²) in [7, 11) is 1.68. The lowest BCUT2D eigenvalue weighted by molar-refractivity contribution is -0.144. The molecule has 23 heavy (non-hydrogen) atoms. The van der Waals surface area contributed by atoms with Crippen LogP contribution in [0.2, 0.25) is 0 Å². The van der Waals surface area contributed by atoms with Crippen LogP contribution in [0.1, 0.15) is 5.69 Å². The average Bonchev–Trinajstić information content (AvgIpc) is 2.98. The van der Waals surface area contributed by atoms with Crippen molar-refractivity contribution in [2.75, 3.05) is 38.2 Å². The highest BCUT2D eigenvalue weighted by Crippen LogP contribution is 2.42. The lowest BCUT2D eigenvalue weighted by atomic mass is 9.72. The van der Waals surface area contributed by atoms with Gasteiger partial charge in [-0.1, -0.05) is 0 Å². The smallest absolute Gasteiger partial charge is 0.228 e. The minimum Gasteiger partial charge on any atom is -0.497 e. The number of benzene rings is 1. The number of anilines is 1. The van der Waals surface area contributed by atoms with Crippen LogP contribution in [0, 0.1) is 5.41 Å². The number of likely N-dealkylation sites (tertiary alicyclic amines) is 1. The van der Waals surface area contributed by atoms with Gasteiger partial charge in [0.1, 0.15) is 5.75 Å². The van der Waals surface area contributed by atoms with Crippen LogP contribution >= 0.6 is 0 Å². The molecule has 6 heteroatoms. The van der Waals surface area contributed by atoms with Crippen molar-refractivity contribution in [1.29, 1.82) is 0 Å². The summed E-state index contributed by atoms with van der Waals surface area (Å²) >= 11 is 0. The standard InChI is InChI=1S/C17H20N4O2/c1-23-15-4-2-14(3-5-15)20-9-17(10-20)11-21(12-17)16(22)8-13-6-7-18-19-13/h2-7H,8-12H2,1H3,(H,18,19). The van der Waals surface area contributed by atoms with Gasteiger partial charge in [-0.05, 0) is 30.3 Å². The van der Waals surface area contributed by atoms with Crippen molar-refractivity contribution in [3.8, 4) is 5.75 Å². The van der Waals surface area contributed by atoms with Crippen molar-refractivity contribution in [2.24, 2.45) is 5.41 Å². The van der Waals surface area contributed by atoms with Crippen LogP contribution in [0.3, 0.4) is 0 Å². The second kappa shape index (κ2) is 5.30. The number of hydrogen-bond donors (Lipinski definition) is 1. The summed E-state index contributed by atoms with van der Waals surface area (Å²) in [5.41, 5.74) is 2.40. The van der Waals surface area contributed by atoms with Crippen molar-refractivity contribution in [2.45, 2.75) is 6.42 Å². The fourth-order valence-corrected chi connectivity index (χ4v) is 3.54. The van der Waals surface area contributed by atoms with Crippen LogP contribution in [-0.4, -0.2) is 54.3 Å². The maximum absolute atomic E-state index is 12.2. The fourth-order valence-electron chi connectivity index (χ4n) is 3.54. The Labute approximate surface area is 135 Å². The number of rotatable bonds is 4. The molecule has 0 unspecified atom stereocenters. The summed E-state index contributed by atoms with van der Waals surface area (Å²) in [6.07, 6.45) is 2.09. The van der Waals surface area contributed by atoms with E-state index in [9.17, 15) is 4.79 Å². The molecule has 2 aliphatic rings. The number of H-pyrrole nitrogens is 1. The molecule has 2 aromatic rings. The summed E-state index contributed by atoms with van der Waals surface area (Å²) in [6, 6.07) is 10.0.